The third-order valence-electron chi connectivity index (χ3n) is 2.87. The first-order valence-electron chi connectivity index (χ1n) is 6.25. The zero-order valence-electron chi connectivity index (χ0n) is 11.2. The predicted octanol–water partition coefficient (Wildman–Crippen LogP) is 2.07. The fourth-order valence-corrected chi connectivity index (χ4v) is 4.12. The molecule has 20 heavy (non-hydrogen) atoms. The number of aliphatic hydroxyl groups excluding tert-OH is 1. The average Bonchev–Trinajstić information content (AvgIpc) is 2.88. The molecule has 108 valence electrons. The Bertz CT molecular complexity index is 677. The molecule has 0 amide bonds. The molecule has 0 saturated heterocycles. The molecular formula is C14H17NO3S2. The average molecular weight is 311 g/mol. The largest absolute Gasteiger partial charge is 0.392 e. The van der Waals surface area contributed by atoms with E-state index in [4.69, 9.17) is 5.11 Å². The van der Waals surface area contributed by atoms with Gasteiger partial charge in [0, 0.05) is 6.54 Å². The molecule has 0 bridgehead atoms. The van der Waals surface area contributed by atoms with Crippen LogP contribution in [0.4, 0.5) is 0 Å². The monoisotopic (exact) mass is 311 g/mol. The number of benzene rings is 1. The lowest BCUT2D eigenvalue weighted by Gasteiger charge is -2.05. The van der Waals surface area contributed by atoms with Crippen molar-refractivity contribution in [3.63, 3.8) is 0 Å². The quantitative estimate of drug-likeness (QED) is 0.858. The molecule has 2 aromatic rings. The summed E-state index contributed by atoms with van der Waals surface area (Å²) in [5.74, 6) is 0. The topological polar surface area (TPSA) is 66.4 Å². The van der Waals surface area contributed by atoms with E-state index in [0.717, 1.165) is 22.5 Å². The molecular weight excluding hydrogens is 294 g/mol. The highest BCUT2D eigenvalue weighted by atomic mass is 32.2. The lowest BCUT2D eigenvalue weighted by molar-refractivity contribution is 0.282. The van der Waals surface area contributed by atoms with Crippen LogP contribution < -0.4 is 4.72 Å². The minimum Gasteiger partial charge on any atom is -0.392 e. The summed E-state index contributed by atoms with van der Waals surface area (Å²) in [5, 5.41) is 10.6. The van der Waals surface area contributed by atoms with Crippen LogP contribution in [0.2, 0.25) is 0 Å². The molecule has 0 radical (unpaired) electrons. The van der Waals surface area contributed by atoms with Crippen molar-refractivity contribution in [3.8, 4) is 0 Å². The van der Waals surface area contributed by atoms with Crippen molar-refractivity contribution < 1.29 is 13.5 Å². The Morgan fingerprint density at radius 3 is 2.70 bits per heavy atom. The highest BCUT2D eigenvalue weighted by molar-refractivity contribution is 7.91. The number of aryl methyl sites for hydroxylation is 1. The van der Waals surface area contributed by atoms with Gasteiger partial charge in [-0.1, -0.05) is 29.8 Å². The van der Waals surface area contributed by atoms with E-state index in [0.29, 0.717) is 18.5 Å². The van der Waals surface area contributed by atoms with Gasteiger partial charge in [-0.15, -0.1) is 11.3 Å². The van der Waals surface area contributed by atoms with Gasteiger partial charge < -0.3 is 5.11 Å². The predicted molar refractivity (Wildman–Crippen MR) is 80.3 cm³/mol. The molecule has 0 aliphatic rings. The molecule has 2 rings (SSSR count). The summed E-state index contributed by atoms with van der Waals surface area (Å²) in [7, 11) is -3.47. The van der Waals surface area contributed by atoms with Crippen LogP contribution in [-0.2, 0) is 23.1 Å². The normalized spacial score (nSPS) is 11.7. The Balaban J connectivity index is 1.96. The summed E-state index contributed by atoms with van der Waals surface area (Å²) in [6, 6.07) is 9.50. The van der Waals surface area contributed by atoms with Gasteiger partial charge in [-0.3, -0.25) is 0 Å². The molecule has 6 heteroatoms. The van der Waals surface area contributed by atoms with Crippen molar-refractivity contribution in [2.75, 3.05) is 6.54 Å². The molecule has 0 aliphatic heterocycles. The molecule has 0 unspecified atom stereocenters. The lowest BCUT2D eigenvalue weighted by Crippen LogP contribution is -2.25. The molecule has 0 fully saturated rings. The van der Waals surface area contributed by atoms with E-state index < -0.39 is 10.0 Å². The van der Waals surface area contributed by atoms with E-state index in [1.807, 2.05) is 31.2 Å². The highest BCUT2D eigenvalue weighted by Gasteiger charge is 2.15. The number of thiophene rings is 1. The molecule has 0 aliphatic carbocycles. The van der Waals surface area contributed by atoms with E-state index >= 15 is 0 Å². The van der Waals surface area contributed by atoms with Gasteiger partial charge in [0.1, 0.15) is 4.21 Å². The van der Waals surface area contributed by atoms with Crippen LogP contribution in [0.25, 0.3) is 0 Å². The summed E-state index contributed by atoms with van der Waals surface area (Å²) in [4.78, 5) is 0. The second kappa shape index (κ2) is 6.49. The van der Waals surface area contributed by atoms with E-state index in [2.05, 4.69) is 4.72 Å². The number of aliphatic hydroxyl groups is 1. The summed E-state index contributed by atoms with van der Waals surface area (Å²) in [6.07, 6.45) is 0.652. The first-order chi connectivity index (χ1) is 9.51. The smallest absolute Gasteiger partial charge is 0.250 e. The summed E-state index contributed by atoms with van der Waals surface area (Å²) in [5.41, 5.74) is 2.89. The molecule has 1 aromatic carbocycles. The van der Waals surface area contributed by atoms with Crippen LogP contribution in [0.3, 0.4) is 0 Å². The zero-order valence-corrected chi connectivity index (χ0v) is 12.8. The van der Waals surface area contributed by atoms with E-state index in [9.17, 15) is 8.42 Å². The maximum Gasteiger partial charge on any atom is 0.250 e. The van der Waals surface area contributed by atoms with Crippen LogP contribution in [-0.4, -0.2) is 20.1 Å². The van der Waals surface area contributed by atoms with Crippen molar-refractivity contribution in [2.24, 2.45) is 0 Å². The van der Waals surface area contributed by atoms with Gasteiger partial charge >= 0.3 is 0 Å². The standard InChI is InChI=1S/C14H17NO3S2/c1-11-3-2-4-12(7-11)5-6-15-20(17,18)14-8-13(9-16)10-19-14/h2-4,7-8,10,15-16H,5-6,9H2,1H3. The molecule has 2 N–H and O–H groups in total. The SMILES string of the molecule is Cc1cccc(CCNS(=O)(=O)c2cc(CO)cs2)c1. The number of sulfonamides is 1. The first-order valence-corrected chi connectivity index (χ1v) is 8.61. The second-order valence-corrected chi connectivity index (χ2v) is 7.47. The van der Waals surface area contributed by atoms with Crippen LogP contribution in [0.15, 0.2) is 39.9 Å². The maximum atomic E-state index is 12.0. The zero-order chi connectivity index (χ0) is 14.6. The Hall–Kier alpha value is -1.21. The summed E-state index contributed by atoms with van der Waals surface area (Å²) >= 11 is 1.12. The Morgan fingerprint density at radius 1 is 1.25 bits per heavy atom. The fourth-order valence-electron chi connectivity index (χ4n) is 1.85. The van der Waals surface area contributed by atoms with Crippen molar-refractivity contribution in [1.82, 2.24) is 4.72 Å². The van der Waals surface area contributed by atoms with Crippen molar-refractivity contribution in [3.05, 3.63) is 52.4 Å². The van der Waals surface area contributed by atoms with Crippen LogP contribution >= 0.6 is 11.3 Å². The Kier molecular flexibility index (Phi) is 4.93. The number of rotatable bonds is 6. The van der Waals surface area contributed by atoms with Crippen LogP contribution in [0, 0.1) is 6.92 Å². The number of hydrogen-bond donors (Lipinski definition) is 2. The highest BCUT2D eigenvalue weighted by Crippen LogP contribution is 2.19. The molecule has 0 saturated carbocycles. The van der Waals surface area contributed by atoms with Crippen LogP contribution in [0.1, 0.15) is 16.7 Å². The van der Waals surface area contributed by atoms with Crippen LogP contribution in [0.5, 0.6) is 0 Å². The van der Waals surface area contributed by atoms with Crippen molar-refractivity contribution in [1.29, 1.82) is 0 Å². The maximum absolute atomic E-state index is 12.0. The third-order valence-corrected chi connectivity index (χ3v) is 5.81. The van der Waals surface area contributed by atoms with Gasteiger partial charge in [-0.25, -0.2) is 13.1 Å². The minimum atomic E-state index is -3.47. The Morgan fingerprint density at radius 2 is 2.05 bits per heavy atom. The molecule has 1 aromatic heterocycles. The number of nitrogens with one attached hydrogen (secondary N) is 1. The van der Waals surface area contributed by atoms with Gasteiger partial charge in [0.25, 0.3) is 0 Å². The Labute approximate surface area is 123 Å². The van der Waals surface area contributed by atoms with E-state index in [1.165, 1.54) is 6.07 Å². The lowest BCUT2D eigenvalue weighted by atomic mass is 10.1. The second-order valence-electron chi connectivity index (χ2n) is 4.57. The third kappa shape index (κ3) is 3.89. The first kappa shape index (κ1) is 15.2. The van der Waals surface area contributed by atoms with Gasteiger partial charge in [-0.2, -0.15) is 0 Å². The van der Waals surface area contributed by atoms with E-state index in [1.54, 1.807) is 5.38 Å². The molecule has 4 nitrogen and oxygen atoms in total. The van der Waals surface area contributed by atoms with Gasteiger partial charge in [0.15, 0.2) is 0 Å². The molecule has 0 atom stereocenters. The van der Waals surface area contributed by atoms with Crippen molar-refractivity contribution >= 4 is 21.4 Å². The molecule has 0 spiro atoms. The van der Waals surface area contributed by atoms with Crippen molar-refractivity contribution in [2.45, 2.75) is 24.2 Å². The van der Waals surface area contributed by atoms with Gasteiger partial charge in [0.2, 0.25) is 10.0 Å². The van der Waals surface area contributed by atoms with Gasteiger partial charge in [-0.05, 0) is 35.9 Å². The number of hydrogen-bond acceptors (Lipinski definition) is 4. The van der Waals surface area contributed by atoms with E-state index in [-0.39, 0.29) is 10.8 Å². The minimum absolute atomic E-state index is 0.144. The molecule has 1 heterocycles. The van der Waals surface area contributed by atoms with Gasteiger partial charge in [0.05, 0.1) is 6.61 Å². The fraction of sp³-hybridized carbons (Fsp3) is 0.286. The summed E-state index contributed by atoms with van der Waals surface area (Å²) < 4.78 is 26.9. The summed E-state index contributed by atoms with van der Waals surface area (Å²) in [6.45, 7) is 2.23.